The fourth-order valence-electron chi connectivity index (χ4n) is 2.87. The third-order valence-corrected chi connectivity index (χ3v) is 4.93. The molecule has 2 N–H and O–H groups in total. The topological polar surface area (TPSA) is 177 Å². The second-order valence-electron chi connectivity index (χ2n) is 8.62. The Bertz CT molecular complexity index is 681. The molecule has 0 atom stereocenters. The van der Waals surface area contributed by atoms with Gasteiger partial charge in [0, 0.05) is 6.54 Å². The largest absolute Gasteiger partial charge is 0.480 e. The van der Waals surface area contributed by atoms with Crippen LogP contribution in [0.3, 0.4) is 0 Å². The highest BCUT2D eigenvalue weighted by Crippen LogP contribution is 1.87. The van der Waals surface area contributed by atoms with E-state index >= 15 is 0 Å². The van der Waals surface area contributed by atoms with Crippen LogP contribution in [-0.4, -0.2) is 182 Å². The van der Waals surface area contributed by atoms with Gasteiger partial charge in [-0.05, 0) is 0 Å². The maximum Gasteiger partial charge on any atom is 0.329 e. The summed E-state index contributed by atoms with van der Waals surface area (Å²) < 4.78 is 63.8. The van der Waals surface area contributed by atoms with E-state index in [2.05, 4.69) is 16.0 Å². The van der Waals surface area contributed by atoms with Crippen LogP contribution in [0.25, 0.3) is 0 Å². The summed E-state index contributed by atoms with van der Waals surface area (Å²) in [7, 11) is 0. The van der Waals surface area contributed by atoms with E-state index < -0.39 is 18.5 Å². The van der Waals surface area contributed by atoms with Crippen LogP contribution < -0.4 is 5.32 Å². The number of terminal acetylenes is 1. The quantitative estimate of drug-likeness (QED) is 0.0612. The lowest BCUT2D eigenvalue weighted by atomic mass is 10.6. The fourth-order valence-corrected chi connectivity index (χ4v) is 2.87. The van der Waals surface area contributed by atoms with E-state index in [0.717, 1.165) is 0 Å². The van der Waals surface area contributed by atoms with Gasteiger partial charge in [-0.2, -0.15) is 0 Å². The molecule has 0 fully saturated rings. The molecule has 0 rings (SSSR count). The molecule has 0 unspecified atom stereocenters. The van der Waals surface area contributed by atoms with E-state index in [9.17, 15) is 9.59 Å². The molecule has 0 aliphatic carbocycles. The van der Waals surface area contributed by atoms with Crippen LogP contribution in [0.1, 0.15) is 0 Å². The number of hydrogen-bond acceptors (Lipinski definition) is 14. The molecule has 0 heterocycles. The number of hydrogen-bond donors (Lipinski definition) is 2. The first-order valence-electron chi connectivity index (χ1n) is 15.0. The molecular weight excluding hydrogens is 602 g/mol. The molecule has 16 nitrogen and oxygen atoms in total. The summed E-state index contributed by atoms with van der Waals surface area (Å²) in [5.74, 6) is 0.866. The molecule has 0 saturated carbocycles. The van der Waals surface area contributed by atoms with Gasteiger partial charge in [0.25, 0.3) is 0 Å². The van der Waals surface area contributed by atoms with Crippen LogP contribution in [0.4, 0.5) is 0 Å². The number of nitrogens with one attached hydrogen (secondary N) is 1. The molecule has 0 bridgehead atoms. The van der Waals surface area contributed by atoms with Crippen molar-refractivity contribution < 1.29 is 71.5 Å². The number of carbonyl (C=O) groups is 2. The summed E-state index contributed by atoms with van der Waals surface area (Å²) in [5, 5.41) is 11.0. The van der Waals surface area contributed by atoms with Gasteiger partial charge in [-0.25, -0.2) is 4.79 Å². The Hall–Kier alpha value is -1.98. The minimum atomic E-state index is -1.12. The van der Waals surface area contributed by atoms with Crippen molar-refractivity contribution in [3.63, 3.8) is 0 Å². The van der Waals surface area contributed by atoms with Gasteiger partial charge < -0.3 is 67.3 Å². The van der Waals surface area contributed by atoms with E-state index in [4.69, 9.17) is 63.6 Å². The van der Waals surface area contributed by atoms with Crippen LogP contribution in [0, 0.1) is 12.3 Å². The Labute approximate surface area is 266 Å². The Morgan fingerprint density at radius 1 is 0.444 bits per heavy atom. The molecule has 0 aromatic carbocycles. The third kappa shape index (κ3) is 40.0. The van der Waals surface area contributed by atoms with Crippen molar-refractivity contribution in [1.82, 2.24) is 5.32 Å². The van der Waals surface area contributed by atoms with E-state index in [0.29, 0.717) is 152 Å². The van der Waals surface area contributed by atoms with Crippen molar-refractivity contribution in [2.75, 3.05) is 165 Å². The average Bonchev–Trinajstić information content (AvgIpc) is 3.02. The zero-order valence-corrected chi connectivity index (χ0v) is 26.4. The van der Waals surface area contributed by atoms with Crippen molar-refractivity contribution in [1.29, 1.82) is 0 Å². The van der Waals surface area contributed by atoms with Gasteiger partial charge in [-0.1, -0.05) is 5.92 Å². The molecule has 0 saturated heterocycles. The predicted molar refractivity (Wildman–Crippen MR) is 159 cm³/mol. The normalized spacial score (nSPS) is 11.1. The van der Waals surface area contributed by atoms with Crippen molar-refractivity contribution in [3.8, 4) is 12.3 Å². The fraction of sp³-hybridized carbons (Fsp3) is 0.862. The summed E-state index contributed by atoms with van der Waals surface area (Å²) in [6.45, 7) is 9.51. The molecule has 0 spiro atoms. The number of ether oxygens (including phenoxy) is 12. The van der Waals surface area contributed by atoms with E-state index in [-0.39, 0.29) is 6.61 Å². The Morgan fingerprint density at radius 2 is 0.733 bits per heavy atom. The van der Waals surface area contributed by atoms with Crippen LogP contribution in [0.2, 0.25) is 0 Å². The van der Waals surface area contributed by atoms with E-state index in [1.165, 1.54) is 0 Å². The molecule has 0 aliphatic rings. The summed E-state index contributed by atoms with van der Waals surface area (Å²) in [5.41, 5.74) is 0. The summed E-state index contributed by atoms with van der Waals surface area (Å²) in [4.78, 5) is 21.6. The first-order chi connectivity index (χ1) is 22.2. The number of rotatable bonds is 38. The van der Waals surface area contributed by atoms with Crippen molar-refractivity contribution in [2.45, 2.75) is 0 Å². The molecule has 16 heteroatoms. The molecule has 0 aliphatic heterocycles. The van der Waals surface area contributed by atoms with Crippen molar-refractivity contribution in [2.24, 2.45) is 0 Å². The average molecular weight is 656 g/mol. The van der Waals surface area contributed by atoms with Gasteiger partial charge in [-0.15, -0.1) is 6.42 Å². The highest BCUT2D eigenvalue weighted by Gasteiger charge is 2.03. The third-order valence-electron chi connectivity index (χ3n) is 4.93. The molecule has 1 amide bonds. The first kappa shape index (κ1) is 43.0. The maximum absolute atomic E-state index is 11.3. The van der Waals surface area contributed by atoms with Gasteiger partial charge in [0.2, 0.25) is 5.91 Å². The maximum atomic E-state index is 11.3. The van der Waals surface area contributed by atoms with Crippen molar-refractivity contribution >= 4 is 11.9 Å². The zero-order chi connectivity index (χ0) is 32.7. The summed E-state index contributed by atoms with van der Waals surface area (Å²) in [6.07, 6.45) is 5.07. The van der Waals surface area contributed by atoms with Crippen LogP contribution in [-0.2, 0) is 66.4 Å². The van der Waals surface area contributed by atoms with Crippen LogP contribution in [0.15, 0.2) is 0 Å². The number of carbonyl (C=O) groups excluding carboxylic acids is 1. The number of carboxylic acids is 1. The lowest BCUT2D eigenvalue weighted by Crippen LogP contribution is -2.31. The van der Waals surface area contributed by atoms with Gasteiger partial charge in [0.05, 0.1) is 139 Å². The molecular formula is C29H53NO15. The molecule has 0 aromatic heterocycles. The molecule has 0 aromatic rings. The Balaban J connectivity index is 3.09. The molecule has 45 heavy (non-hydrogen) atoms. The monoisotopic (exact) mass is 655 g/mol. The standard InChI is InChI=1S/C29H53NO15/c1-2-4-34-6-8-36-10-12-38-14-16-40-18-20-42-22-24-44-25-23-43-21-19-41-17-15-39-13-11-37-9-7-35-5-3-30-28(31)26-45-27-29(32)33/h1H,3-27H2,(H,30,31)(H,32,33). The highest BCUT2D eigenvalue weighted by atomic mass is 16.6. The number of carboxylic acid groups (broad SMARTS) is 1. The lowest BCUT2D eigenvalue weighted by molar-refractivity contribution is -0.143. The van der Waals surface area contributed by atoms with Gasteiger partial charge >= 0.3 is 5.97 Å². The summed E-state index contributed by atoms with van der Waals surface area (Å²) in [6, 6.07) is 0. The van der Waals surface area contributed by atoms with Gasteiger partial charge in [-0.3, -0.25) is 4.79 Å². The second-order valence-corrected chi connectivity index (χ2v) is 8.62. The molecule has 0 radical (unpaired) electrons. The van der Waals surface area contributed by atoms with Crippen LogP contribution in [0.5, 0.6) is 0 Å². The SMILES string of the molecule is C#CCOCCOCCOCCOCCOCCOCCOCCOCCOCCOCCOCCNC(=O)COCC(=O)O. The van der Waals surface area contributed by atoms with E-state index in [1.54, 1.807) is 0 Å². The summed E-state index contributed by atoms with van der Waals surface area (Å²) >= 11 is 0. The minimum Gasteiger partial charge on any atom is -0.480 e. The minimum absolute atomic E-state index is 0.299. The smallest absolute Gasteiger partial charge is 0.329 e. The lowest BCUT2D eigenvalue weighted by Gasteiger charge is -2.09. The Kier molecular flexibility index (Phi) is 36.5. The number of amides is 1. The Morgan fingerprint density at radius 3 is 1.02 bits per heavy atom. The van der Waals surface area contributed by atoms with Gasteiger partial charge in [0.15, 0.2) is 0 Å². The highest BCUT2D eigenvalue weighted by molar-refractivity contribution is 5.77. The zero-order valence-electron chi connectivity index (χ0n) is 26.4. The number of aliphatic carboxylic acids is 1. The van der Waals surface area contributed by atoms with Gasteiger partial charge in [0.1, 0.15) is 19.8 Å². The first-order valence-corrected chi connectivity index (χ1v) is 15.0. The molecule has 264 valence electrons. The van der Waals surface area contributed by atoms with Crippen molar-refractivity contribution in [3.05, 3.63) is 0 Å². The second kappa shape index (κ2) is 38.2. The predicted octanol–water partition coefficient (Wildman–Crippen LogP) is -0.980. The van der Waals surface area contributed by atoms with Crippen LogP contribution >= 0.6 is 0 Å². The van der Waals surface area contributed by atoms with E-state index in [1.807, 2.05) is 0 Å².